The minimum atomic E-state index is -0.807. The third-order valence-corrected chi connectivity index (χ3v) is 6.11. The molecule has 3 aromatic heterocycles. The molecule has 0 aromatic carbocycles. The van der Waals surface area contributed by atoms with Crippen molar-refractivity contribution in [2.75, 3.05) is 25.0 Å². The molecule has 2 aliphatic rings. The summed E-state index contributed by atoms with van der Waals surface area (Å²) in [6, 6.07) is 5.89. The first-order valence-corrected chi connectivity index (χ1v) is 10.0. The number of pyridine rings is 1. The molecule has 2 N–H and O–H groups in total. The van der Waals surface area contributed by atoms with Crippen LogP contribution in [0.3, 0.4) is 0 Å². The average molecular weight is 380 g/mol. The van der Waals surface area contributed by atoms with E-state index in [2.05, 4.69) is 38.1 Å². The van der Waals surface area contributed by atoms with Crippen LogP contribution >= 0.6 is 0 Å². The lowest BCUT2D eigenvalue weighted by molar-refractivity contribution is 0.189. The number of imidazole rings is 1. The minimum absolute atomic E-state index is 0.0235. The standard InChI is InChI=1S/C21H25FN6/c1-21(6-7-21)18-13-28-17(11-26-20(28)12-24-18)16-3-2-4-19(27-16)25-9-14-5-8-23-10-15(14)22/h2-4,11-15,23H,5-10H2,1H3,(H,25,27)/t14-,15+/m1/s1. The summed E-state index contributed by atoms with van der Waals surface area (Å²) >= 11 is 0. The van der Waals surface area contributed by atoms with Crippen molar-refractivity contribution >= 4 is 11.5 Å². The normalized spacial score (nSPS) is 23.6. The number of alkyl halides is 1. The number of hydrogen-bond acceptors (Lipinski definition) is 5. The largest absolute Gasteiger partial charge is 0.370 e. The van der Waals surface area contributed by atoms with E-state index in [1.165, 1.54) is 12.8 Å². The van der Waals surface area contributed by atoms with Gasteiger partial charge in [0.25, 0.3) is 0 Å². The first kappa shape index (κ1) is 17.6. The number of nitrogens with one attached hydrogen (secondary N) is 2. The van der Waals surface area contributed by atoms with Gasteiger partial charge in [-0.3, -0.25) is 9.38 Å². The SMILES string of the molecule is CC1(c2cn3c(-c4cccc(NC[C@H]5CCNC[C@@H]5F)n4)cnc3cn2)CC1. The molecule has 28 heavy (non-hydrogen) atoms. The zero-order valence-electron chi connectivity index (χ0n) is 16.0. The summed E-state index contributed by atoms with van der Waals surface area (Å²) in [6.45, 7) is 4.16. The van der Waals surface area contributed by atoms with Crippen molar-refractivity contribution in [2.45, 2.75) is 37.8 Å². The highest BCUT2D eigenvalue weighted by Gasteiger charge is 2.40. The zero-order chi connectivity index (χ0) is 19.1. The van der Waals surface area contributed by atoms with Crippen LogP contribution in [0.1, 0.15) is 31.9 Å². The van der Waals surface area contributed by atoms with Gasteiger partial charge in [-0.05, 0) is 37.9 Å². The second kappa shape index (κ2) is 6.81. The van der Waals surface area contributed by atoms with Crippen LogP contribution in [0.15, 0.2) is 36.8 Å². The van der Waals surface area contributed by atoms with Crippen molar-refractivity contribution < 1.29 is 4.39 Å². The van der Waals surface area contributed by atoms with E-state index in [0.717, 1.165) is 41.5 Å². The Morgan fingerprint density at radius 3 is 3.00 bits per heavy atom. The summed E-state index contributed by atoms with van der Waals surface area (Å²) in [5, 5.41) is 6.41. The highest BCUT2D eigenvalue weighted by Crippen LogP contribution is 2.46. The monoisotopic (exact) mass is 380 g/mol. The molecule has 0 spiro atoms. The molecule has 1 aliphatic heterocycles. The van der Waals surface area contributed by atoms with E-state index >= 15 is 0 Å². The van der Waals surface area contributed by atoms with Gasteiger partial charge in [0.2, 0.25) is 0 Å². The number of fused-ring (bicyclic) bond motifs is 1. The molecule has 2 atom stereocenters. The van der Waals surface area contributed by atoms with E-state index in [1.54, 1.807) is 0 Å². The zero-order valence-corrected chi connectivity index (χ0v) is 16.0. The fourth-order valence-electron chi connectivity index (χ4n) is 3.85. The summed E-state index contributed by atoms with van der Waals surface area (Å²) in [5.74, 6) is 0.789. The Morgan fingerprint density at radius 2 is 2.18 bits per heavy atom. The lowest BCUT2D eigenvalue weighted by Gasteiger charge is -2.26. The number of nitrogens with zero attached hydrogens (tertiary/aromatic N) is 4. The van der Waals surface area contributed by atoms with Crippen LogP contribution in [0.25, 0.3) is 17.0 Å². The van der Waals surface area contributed by atoms with Crippen molar-refractivity contribution in [3.8, 4) is 11.4 Å². The maximum absolute atomic E-state index is 14.0. The second-order valence-corrected chi connectivity index (χ2v) is 8.26. The van der Waals surface area contributed by atoms with Gasteiger partial charge in [-0.2, -0.15) is 0 Å². The molecule has 4 heterocycles. The van der Waals surface area contributed by atoms with Gasteiger partial charge in [0.05, 0.1) is 29.5 Å². The molecular formula is C21H25FN6. The van der Waals surface area contributed by atoms with E-state index < -0.39 is 6.17 Å². The van der Waals surface area contributed by atoms with E-state index in [4.69, 9.17) is 4.98 Å². The lowest BCUT2D eigenvalue weighted by atomic mass is 9.96. The predicted molar refractivity (Wildman–Crippen MR) is 107 cm³/mol. The Kier molecular flexibility index (Phi) is 4.27. The van der Waals surface area contributed by atoms with Crippen LogP contribution in [0.5, 0.6) is 0 Å². The lowest BCUT2D eigenvalue weighted by Crippen LogP contribution is -2.40. The Morgan fingerprint density at radius 1 is 1.29 bits per heavy atom. The number of aromatic nitrogens is 4. The third kappa shape index (κ3) is 3.24. The Hall–Kier alpha value is -2.54. The van der Waals surface area contributed by atoms with Crippen molar-refractivity contribution in [2.24, 2.45) is 5.92 Å². The Bertz CT molecular complexity index is 995. The van der Waals surface area contributed by atoms with E-state index in [9.17, 15) is 4.39 Å². The quantitative estimate of drug-likeness (QED) is 0.712. The maximum atomic E-state index is 14.0. The molecule has 0 bridgehead atoms. The fraction of sp³-hybridized carbons (Fsp3) is 0.476. The van der Waals surface area contributed by atoms with Gasteiger partial charge in [0.1, 0.15) is 12.0 Å². The van der Waals surface area contributed by atoms with E-state index in [1.807, 2.05) is 30.6 Å². The number of rotatable bonds is 5. The molecule has 3 aromatic rings. The van der Waals surface area contributed by atoms with Crippen LogP contribution in [-0.4, -0.2) is 45.2 Å². The van der Waals surface area contributed by atoms with Crippen LogP contribution in [-0.2, 0) is 5.41 Å². The van der Waals surface area contributed by atoms with Gasteiger partial charge in [0.15, 0.2) is 5.65 Å². The molecule has 1 saturated heterocycles. The van der Waals surface area contributed by atoms with Crippen molar-refractivity contribution in [1.82, 2.24) is 24.7 Å². The first-order chi connectivity index (χ1) is 13.6. The molecule has 7 heteroatoms. The molecule has 0 unspecified atom stereocenters. The second-order valence-electron chi connectivity index (χ2n) is 8.26. The van der Waals surface area contributed by atoms with Crippen molar-refractivity contribution in [1.29, 1.82) is 0 Å². The van der Waals surface area contributed by atoms with Gasteiger partial charge in [-0.15, -0.1) is 0 Å². The summed E-state index contributed by atoms with van der Waals surface area (Å²) in [7, 11) is 0. The molecule has 5 rings (SSSR count). The van der Waals surface area contributed by atoms with Gasteiger partial charge < -0.3 is 10.6 Å². The number of halogens is 1. The van der Waals surface area contributed by atoms with Gasteiger partial charge in [-0.1, -0.05) is 13.0 Å². The smallest absolute Gasteiger partial charge is 0.155 e. The van der Waals surface area contributed by atoms with Crippen LogP contribution < -0.4 is 10.6 Å². The number of hydrogen-bond donors (Lipinski definition) is 2. The molecule has 2 fully saturated rings. The van der Waals surface area contributed by atoms with Crippen LogP contribution in [0.2, 0.25) is 0 Å². The van der Waals surface area contributed by atoms with Crippen molar-refractivity contribution in [3.63, 3.8) is 0 Å². The minimum Gasteiger partial charge on any atom is -0.370 e. The highest BCUT2D eigenvalue weighted by molar-refractivity contribution is 5.61. The number of piperidine rings is 1. The molecule has 0 amide bonds. The summed E-state index contributed by atoms with van der Waals surface area (Å²) in [4.78, 5) is 13.8. The van der Waals surface area contributed by atoms with Crippen LogP contribution in [0.4, 0.5) is 10.2 Å². The molecule has 1 aliphatic carbocycles. The molecule has 6 nitrogen and oxygen atoms in total. The van der Waals surface area contributed by atoms with Crippen molar-refractivity contribution in [3.05, 3.63) is 42.5 Å². The number of anilines is 1. The summed E-state index contributed by atoms with van der Waals surface area (Å²) < 4.78 is 16.1. The Labute approximate surface area is 163 Å². The van der Waals surface area contributed by atoms with E-state index in [0.29, 0.717) is 13.1 Å². The van der Waals surface area contributed by atoms with Crippen LogP contribution in [0, 0.1) is 5.92 Å². The van der Waals surface area contributed by atoms with Gasteiger partial charge >= 0.3 is 0 Å². The molecule has 1 saturated carbocycles. The van der Waals surface area contributed by atoms with Gasteiger partial charge in [0, 0.05) is 30.6 Å². The molecular weight excluding hydrogens is 355 g/mol. The molecule has 0 radical (unpaired) electrons. The van der Waals surface area contributed by atoms with Gasteiger partial charge in [-0.25, -0.2) is 14.4 Å². The first-order valence-electron chi connectivity index (χ1n) is 10.0. The highest BCUT2D eigenvalue weighted by atomic mass is 19.1. The topological polar surface area (TPSA) is 67.1 Å². The predicted octanol–water partition coefficient (Wildman–Crippen LogP) is 3.20. The summed E-state index contributed by atoms with van der Waals surface area (Å²) in [5.41, 5.74) is 3.91. The fourth-order valence-corrected chi connectivity index (χ4v) is 3.85. The van der Waals surface area contributed by atoms with E-state index in [-0.39, 0.29) is 11.3 Å². The average Bonchev–Trinajstić information content (AvgIpc) is 3.33. The summed E-state index contributed by atoms with van der Waals surface area (Å²) in [6.07, 6.45) is 8.16. The third-order valence-electron chi connectivity index (χ3n) is 6.11. The maximum Gasteiger partial charge on any atom is 0.155 e. The molecule has 146 valence electrons. The Balaban J connectivity index is 1.40.